The van der Waals surface area contributed by atoms with Crippen molar-refractivity contribution in [3.8, 4) is 0 Å². The van der Waals surface area contributed by atoms with E-state index in [9.17, 15) is 14.4 Å². The molecule has 0 N–H and O–H groups in total. The summed E-state index contributed by atoms with van der Waals surface area (Å²) in [5, 5.41) is 0. The third-order valence-electron chi connectivity index (χ3n) is 13.0. The van der Waals surface area contributed by atoms with Crippen molar-refractivity contribution in [2.75, 3.05) is 13.2 Å². The largest absolute Gasteiger partial charge is 0.462 e. The molecule has 0 saturated heterocycles. The van der Waals surface area contributed by atoms with Crippen molar-refractivity contribution < 1.29 is 28.6 Å². The third kappa shape index (κ3) is 59.0. The monoisotopic (exact) mass is 1030 g/mol. The molecule has 0 aliphatic carbocycles. The number of unbranched alkanes of at least 4 members (excludes halogenated alkanes) is 26. The maximum absolute atomic E-state index is 12.9. The summed E-state index contributed by atoms with van der Waals surface area (Å²) < 4.78 is 16.8. The van der Waals surface area contributed by atoms with Gasteiger partial charge in [-0.3, -0.25) is 14.4 Å². The van der Waals surface area contributed by atoms with Crippen molar-refractivity contribution >= 4 is 17.9 Å². The molecule has 0 fully saturated rings. The Morgan fingerprint density at radius 3 is 0.919 bits per heavy atom. The van der Waals surface area contributed by atoms with Crippen LogP contribution in [0.15, 0.2) is 109 Å². The highest BCUT2D eigenvalue weighted by Crippen LogP contribution is 2.16. The molecule has 0 aromatic heterocycles. The minimum Gasteiger partial charge on any atom is -0.462 e. The first-order chi connectivity index (χ1) is 36.5. The summed E-state index contributed by atoms with van der Waals surface area (Å²) in [6.07, 6.45) is 83.8. The summed E-state index contributed by atoms with van der Waals surface area (Å²) in [5.74, 6) is -0.970. The smallest absolute Gasteiger partial charge is 0.306 e. The number of carbonyl (C=O) groups is 3. The van der Waals surface area contributed by atoms with Crippen molar-refractivity contribution in [2.45, 2.75) is 290 Å². The molecular weight excluding hydrogens is 913 g/mol. The number of hydrogen-bond donors (Lipinski definition) is 0. The predicted octanol–water partition coefficient (Wildman–Crippen LogP) is 21.0. The maximum atomic E-state index is 12.9. The van der Waals surface area contributed by atoms with E-state index in [1.807, 2.05) is 0 Å². The van der Waals surface area contributed by atoms with Crippen LogP contribution in [-0.4, -0.2) is 37.2 Å². The Labute approximate surface area is 457 Å². The van der Waals surface area contributed by atoms with E-state index in [1.165, 1.54) is 122 Å². The molecule has 0 aliphatic rings. The minimum atomic E-state index is -0.808. The zero-order valence-corrected chi connectivity index (χ0v) is 48.3. The first-order valence-electron chi connectivity index (χ1n) is 30.9. The van der Waals surface area contributed by atoms with Crippen LogP contribution in [0.4, 0.5) is 0 Å². The van der Waals surface area contributed by atoms with E-state index in [1.54, 1.807) is 0 Å². The van der Waals surface area contributed by atoms with Crippen LogP contribution in [0, 0.1) is 0 Å². The molecule has 0 saturated carbocycles. The van der Waals surface area contributed by atoms with Crippen molar-refractivity contribution in [1.82, 2.24) is 0 Å². The van der Waals surface area contributed by atoms with E-state index in [4.69, 9.17) is 14.2 Å². The molecule has 1 unspecified atom stereocenters. The number of allylic oxidation sites excluding steroid dienone is 18. The van der Waals surface area contributed by atoms with Gasteiger partial charge in [-0.05, 0) is 96.3 Å². The second-order valence-electron chi connectivity index (χ2n) is 20.2. The Morgan fingerprint density at radius 2 is 0.554 bits per heavy atom. The van der Waals surface area contributed by atoms with E-state index in [2.05, 4.69) is 130 Å². The summed E-state index contributed by atoms with van der Waals surface area (Å²) in [6, 6.07) is 0. The van der Waals surface area contributed by atoms with Gasteiger partial charge in [0.2, 0.25) is 0 Å². The van der Waals surface area contributed by atoms with Crippen LogP contribution >= 0.6 is 0 Å². The standard InChI is InChI=1S/C68H114O6/c1-4-7-10-13-16-19-22-25-28-30-32-33-34-35-37-38-40-43-46-49-52-55-58-61-67(70)73-64-65(63-72-66(69)60-57-54-51-48-45-42-27-24-21-18-15-12-9-6-3)74-68(71)62-59-56-53-50-47-44-41-39-36-31-29-26-23-20-17-14-11-8-5-2/h7,10,15-16,18-19,24-25,27-28,32-33,35,37,40,43,49,52,65H,4-6,8-9,11-14,17,20-23,26,29-31,34,36,38-39,41-42,44-48,50-51,53-64H2,1-3H3/b10-7-,18-15-,19-16-,27-24-,28-25-,33-32-,37-35-,43-40-,52-49-. The molecule has 422 valence electrons. The summed E-state index contributed by atoms with van der Waals surface area (Å²) in [6.45, 7) is 6.45. The highest BCUT2D eigenvalue weighted by molar-refractivity contribution is 5.71. The number of hydrogen-bond acceptors (Lipinski definition) is 6. The van der Waals surface area contributed by atoms with Gasteiger partial charge in [-0.15, -0.1) is 0 Å². The van der Waals surface area contributed by atoms with Crippen LogP contribution in [0.1, 0.15) is 284 Å². The molecule has 0 spiro atoms. The molecule has 1 atom stereocenters. The topological polar surface area (TPSA) is 78.9 Å². The molecule has 0 aliphatic heterocycles. The summed E-state index contributed by atoms with van der Waals surface area (Å²) in [5.41, 5.74) is 0. The maximum Gasteiger partial charge on any atom is 0.306 e. The van der Waals surface area contributed by atoms with Gasteiger partial charge in [0.15, 0.2) is 6.10 Å². The van der Waals surface area contributed by atoms with Gasteiger partial charge in [0.1, 0.15) is 13.2 Å². The van der Waals surface area contributed by atoms with Gasteiger partial charge in [-0.25, -0.2) is 0 Å². The van der Waals surface area contributed by atoms with E-state index in [-0.39, 0.29) is 37.5 Å². The van der Waals surface area contributed by atoms with Crippen LogP contribution < -0.4 is 0 Å². The Bertz CT molecular complexity index is 1510. The highest BCUT2D eigenvalue weighted by Gasteiger charge is 2.19. The molecule has 74 heavy (non-hydrogen) atoms. The van der Waals surface area contributed by atoms with Crippen LogP contribution in [0.5, 0.6) is 0 Å². The van der Waals surface area contributed by atoms with Crippen molar-refractivity contribution in [1.29, 1.82) is 0 Å². The number of esters is 3. The molecule has 0 rings (SSSR count). The molecule has 6 heteroatoms. The Morgan fingerprint density at radius 1 is 0.284 bits per heavy atom. The van der Waals surface area contributed by atoms with Gasteiger partial charge in [-0.1, -0.05) is 278 Å². The molecule has 0 heterocycles. The first kappa shape index (κ1) is 70.1. The minimum absolute atomic E-state index is 0.103. The molecule has 6 nitrogen and oxygen atoms in total. The lowest BCUT2D eigenvalue weighted by atomic mass is 10.0. The second-order valence-corrected chi connectivity index (χ2v) is 20.2. The molecule has 0 amide bonds. The van der Waals surface area contributed by atoms with E-state index < -0.39 is 6.10 Å². The predicted molar refractivity (Wildman–Crippen MR) is 320 cm³/mol. The summed E-state index contributed by atoms with van der Waals surface area (Å²) >= 11 is 0. The fourth-order valence-corrected chi connectivity index (χ4v) is 8.39. The molecule has 0 aromatic rings. The van der Waals surface area contributed by atoms with E-state index >= 15 is 0 Å². The Kier molecular flexibility index (Phi) is 58.3. The van der Waals surface area contributed by atoms with Crippen molar-refractivity contribution in [2.24, 2.45) is 0 Å². The second kappa shape index (κ2) is 61.6. The van der Waals surface area contributed by atoms with E-state index in [0.717, 1.165) is 116 Å². The fraction of sp³-hybridized carbons (Fsp3) is 0.691. The Hall–Kier alpha value is -3.93. The van der Waals surface area contributed by atoms with Crippen LogP contribution in [0.2, 0.25) is 0 Å². The average Bonchev–Trinajstić information content (AvgIpc) is 3.40. The molecule has 0 bridgehead atoms. The summed E-state index contributed by atoms with van der Waals surface area (Å²) in [7, 11) is 0. The fourth-order valence-electron chi connectivity index (χ4n) is 8.39. The summed E-state index contributed by atoms with van der Waals surface area (Å²) in [4.78, 5) is 38.2. The van der Waals surface area contributed by atoms with Crippen LogP contribution in [-0.2, 0) is 28.6 Å². The lowest BCUT2D eigenvalue weighted by molar-refractivity contribution is -0.167. The molecule has 0 aromatic carbocycles. The van der Waals surface area contributed by atoms with Crippen LogP contribution in [0.25, 0.3) is 0 Å². The van der Waals surface area contributed by atoms with Gasteiger partial charge in [-0.2, -0.15) is 0 Å². The zero-order chi connectivity index (χ0) is 53.6. The average molecular weight is 1030 g/mol. The SMILES string of the molecule is CC/C=C\C/C=C\C/C=C\C/C=C\C/C=C\C/C=C\C/C=C\CCCC(=O)OCC(COC(=O)CCCCCCC/C=C\C/C=C\CCCC)OC(=O)CCCCCCCCCCCCCCCCCCCCC. The highest BCUT2D eigenvalue weighted by atomic mass is 16.6. The number of ether oxygens (including phenoxy) is 3. The van der Waals surface area contributed by atoms with Crippen molar-refractivity contribution in [3.05, 3.63) is 109 Å². The third-order valence-corrected chi connectivity index (χ3v) is 13.0. The van der Waals surface area contributed by atoms with Gasteiger partial charge in [0, 0.05) is 19.3 Å². The van der Waals surface area contributed by atoms with Gasteiger partial charge in [0.05, 0.1) is 0 Å². The first-order valence-corrected chi connectivity index (χ1v) is 30.9. The van der Waals surface area contributed by atoms with Crippen molar-refractivity contribution in [3.63, 3.8) is 0 Å². The lowest BCUT2D eigenvalue weighted by Gasteiger charge is -2.18. The molecule has 0 radical (unpaired) electrons. The lowest BCUT2D eigenvalue weighted by Crippen LogP contribution is -2.30. The Balaban J connectivity index is 4.47. The van der Waals surface area contributed by atoms with Gasteiger partial charge < -0.3 is 14.2 Å². The zero-order valence-electron chi connectivity index (χ0n) is 48.3. The molecular formula is C68H114O6. The van der Waals surface area contributed by atoms with Gasteiger partial charge in [0.25, 0.3) is 0 Å². The normalized spacial score (nSPS) is 12.9. The van der Waals surface area contributed by atoms with Crippen LogP contribution in [0.3, 0.4) is 0 Å². The number of carbonyl (C=O) groups excluding carboxylic acids is 3. The van der Waals surface area contributed by atoms with Gasteiger partial charge >= 0.3 is 17.9 Å². The number of rotatable bonds is 55. The van der Waals surface area contributed by atoms with E-state index in [0.29, 0.717) is 19.3 Å². The quantitative estimate of drug-likeness (QED) is 0.0261.